The Morgan fingerprint density at radius 3 is 2.33 bits per heavy atom. The van der Waals surface area contributed by atoms with Gasteiger partial charge in [0.25, 0.3) is 5.91 Å². The molecule has 0 fully saturated rings. The van der Waals surface area contributed by atoms with Crippen molar-refractivity contribution < 1.29 is 9.59 Å². The van der Waals surface area contributed by atoms with Crippen LogP contribution >= 0.6 is 0 Å². The highest BCUT2D eigenvalue weighted by Crippen LogP contribution is 2.16. The molecule has 0 aliphatic rings. The maximum Gasteiger partial charge on any atom is 0.253 e. The van der Waals surface area contributed by atoms with E-state index in [1.807, 2.05) is 44.2 Å². The summed E-state index contributed by atoms with van der Waals surface area (Å²) in [5.41, 5.74) is 7.84. The minimum Gasteiger partial charge on any atom is -0.339 e. The lowest BCUT2D eigenvalue weighted by Crippen LogP contribution is -2.30. The second-order valence-corrected chi connectivity index (χ2v) is 5.44. The fourth-order valence-corrected chi connectivity index (χ4v) is 2.46. The van der Waals surface area contributed by atoms with Crippen LogP contribution in [0, 0.1) is 0 Å². The average Bonchev–Trinajstić information content (AvgIpc) is 2.63. The number of amides is 2. The normalized spacial score (nSPS) is 11.6. The summed E-state index contributed by atoms with van der Waals surface area (Å²) in [6.07, 6.45) is 0. The van der Waals surface area contributed by atoms with Crippen LogP contribution in [0.3, 0.4) is 0 Å². The molecule has 5 heteroatoms. The van der Waals surface area contributed by atoms with Crippen molar-refractivity contribution in [2.75, 3.05) is 18.4 Å². The SMILES string of the molecule is CCN(CC)C(=O)c1cccc(NC(=O)C(N)c2ccccc2)c1. The third-order valence-corrected chi connectivity index (χ3v) is 3.87. The summed E-state index contributed by atoms with van der Waals surface area (Å²) in [7, 11) is 0. The first-order valence-corrected chi connectivity index (χ1v) is 8.07. The lowest BCUT2D eigenvalue weighted by molar-refractivity contribution is -0.117. The van der Waals surface area contributed by atoms with Gasteiger partial charge in [-0.1, -0.05) is 36.4 Å². The predicted molar refractivity (Wildman–Crippen MR) is 95.7 cm³/mol. The van der Waals surface area contributed by atoms with Gasteiger partial charge in [-0.15, -0.1) is 0 Å². The van der Waals surface area contributed by atoms with E-state index in [0.29, 0.717) is 24.3 Å². The van der Waals surface area contributed by atoms with Crippen LogP contribution in [0.1, 0.15) is 35.8 Å². The molecule has 0 aromatic heterocycles. The van der Waals surface area contributed by atoms with Gasteiger partial charge in [-0.3, -0.25) is 9.59 Å². The first kappa shape index (κ1) is 17.7. The van der Waals surface area contributed by atoms with Crippen LogP contribution in [0.5, 0.6) is 0 Å². The number of nitrogens with one attached hydrogen (secondary N) is 1. The minimum atomic E-state index is -0.756. The first-order chi connectivity index (χ1) is 11.6. The Hall–Kier alpha value is -2.66. The molecule has 1 atom stereocenters. The summed E-state index contributed by atoms with van der Waals surface area (Å²) < 4.78 is 0. The van der Waals surface area contributed by atoms with Gasteiger partial charge in [0.15, 0.2) is 0 Å². The highest BCUT2D eigenvalue weighted by Gasteiger charge is 2.17. The molecule has 1 unspecified atom stereocenters. The number of nitrogens with two attached hydrogens (primary N) is 1. The summed E-state index contributed by atoms with van der Waals surface area (Å²) in [6, 6.07) is 15.3. The number of nitrogens with zero attached hydrogens (tertiary/aromatic N) is 1. The Balaban J connectivity index is 2.12. The van der Waals surface area contributed by atoms with Crippen molar-refractivity contribution >= 4 is 17.5 Å². The molecule has 0 bridgehead atoms. The van der Waals surface area contributed by atoms with Crippen molar-refractivity contribution in [3.63, 3.8) is 0 Å². The van der Waals surface area contributed by atoms with E-state index in [9.17, 15) is 9.59 Å². The van der Waals surface area contributed by atoms with E-state index in [2.05, 4.69) is 5.32 Å². The Morgan fingerprint density at radius 1 is 1.04 bits per heavy atom. The predicted octanol–water partition coefficient (Wildman–Crippen LogP) is 2.81. The molecule has 2 aromatic rings. The molecule has 3 N–H and O–H groups in total. The third-order valence-electron chi connectivity index (χ3n) is 3.87. The molecular weight excluding hydrogens is 302 g/mol. The molecule has 0 saturated heterocycles. The summed E-state index contributed by atoms with van der Waals surface area (Å²) in [5.74, 6) is -0.364. The maximum absolute atomic E-state index is 12.4. The number of rotatable bonds is 6. The number of carbonyl (C=O) groups excluding carboxylic acids is 2. The second-order valence-electron chi connectivity index (χ2n) is 5.44. The molecule has 5 nitrogen and oxygen atoms in total. The molecule has 0 aliphatic heterocycles. The quantitative estimate of drug-likeness (QED) is 0.857. The van der Waals surface area contributed by atoms with Crippen molar-refractivity contribution in [2.45, 2.75) is 19.9 Å². The fraction of sp³-hybridized carbons (Fsp3) is 0.263. The van der Waals surface area contributed by atoms with E-state index in [4.69, 9.17) is 5.73 Å². The van der Waals surface area contributed by atoms with E-state index in [0.717, 1.165) is 5.56 Å². The van der Waals surface area contributed by atoms with Gasteiger partial charge in [0, 0.05) is 24.3 Å². The van der Waals surface area contributed by atoms with E-state index in [-0.39, 0.29) is 11.8 Å². The zero-order chi connectivity index (χ0) is 17.5. The van der Waals surface area contributed by atoms with Gasteiger partial charge < -0.3 is 16.0 Å². The largest absolute Gasteiger partial charge is 0.339 e. The van der Waals surface area contributed by atoms with Crippen molar-refractivity contribution in [1.29, 1.82) is 0 Å². The van der Waals surface area contributed by atoms with Crippen LogP contribution < -0.4 is 11.1 Å². The zero-order valence-electron chi connectivity index (χ0n) is 14.0. The molecule has 24 heavy (non-hydrogen) atoms. The Labute approximate surface area is 142 Å². The lowest BCUT2D eigenvalue weighted by Gasteiger charge is -2.19. The number of hydrogen-bond acceptors (Lipinski definition) is 3. The van der Waals surface area contributed by atoms with Gasteiger partial charge in [0.2, 0.25) is 5.91 Å². The number of anilines is 1. The van der Waals surface area contributed by atoms with Gasteiger partial charge in [-0.2, -0.15) is 0 Å². The molecule has 126 valence electrons. The molecule has 2 aromatic carbocycles. The van der Waals surface area contributed by atoms with Gasteiger partial charge in [-0.25, -0.2) is 0 Å². The van der Waals surface area contributed by atoms with Gasteiger partial charge >= 0.3 is 0 Å². The molecule has 0 aliphatic carbocycles. The van der Waals surface area contributed by atoms with Crippen LogP contribution in [0.4, 0.5) is 5.69 Å². The maximum atomic E-state index is 12.4. The number of carbonyl (C=O) groups is 2. The highest BCUT2D eigenvalue weighted by molar-refractivity contribution is 5.98. The van der Waals surface area contributed by atoms with E-state index in [1.165, 1.54) is 0 Å². The fourth-order valence-electron chi connectivity index (χ4n) is 2.46. The first-order valence-electron chi connectivity index (χ1n) is 8.07. The summed E-state index contributed by atoms with van der Waals surface area (Å²) >= 11 is 0. The zero-order valence-corrected chi connectivity index (χ0v) is 14.0. The van der Waals surface area contributed by atoms with Gasteiger partial charge in [0.05, 0.1) is 0 Å². The van der Waals surface area contributed by atoms with Gasteiger partial charge in [0.1, 0.15) is 6.04 Å². The van der Waals surface area contributed by atoms with Crippen molar-refractivity contribution in [3.8, 4) is 0 Å². The molecule has 2 rings (SSSR count). The number of hydrogen-bond donors (Lipinski definition) is 2. The highest BCUT2D eigenvalue weighted by atomic mass is 16.2. The Morgan fingerprint density at radius 2 is 1.71 bits per heavy atom. The second kappa shape index (κ2) is 8.26. The molecule has 0 saturated carbocycles. The Kier molecular flexibility index (Phi) is 6.09. The number of benzene rings is 2. The molecule has 0 radical (unpaired) electrons. The molecule has 0 spiro atoms. The van der Waals surface area contributed by atoms with Crippen molar-refractivity contribution in [3.05, 3.63) is 65.7 Å². The van der Waals surface area contributed by atoms with Crippen LogP contribution in [0.15, 0.2) is 54.6 Å². The minimum absolute atomic E-state index is 0.0524. The molecular formula is C19H23N3O2. The smallest absolute Gasteiger partial charge is 0.253 e. The monoisotopic (exact) mass is 325 g/mol. The van der Waals surface area contributed by atoms with Crippen LogP contribution in [-0.2, 0) is 4.79 Å². The van der Waals surface area contributed by atoms with E-state index >= 15 is 0 Å². The van der Waals surface area contributed by atoms with E-state index < -0.39 is 6.04 Å². The standard InChI is InChI=1S/C19H23N3O2/c1-3-22(4-2)19(24)15-11-8-12-16(13-15)21-18(23)17(20)14-9-6-5-7-10-14/h5-13,17H,3-4,20H2,1-2H3,(H,21,23). The van der Waals surface area contributed by atoms with Crippen molar-refractivity contribution in [2.24, 2.45) is 5.73 Å². The topological polar surface area (TPSA) is 75.4 Å². The third kappa shape index (κ3) is 4.20. The molecule has 2 amide bonds. The van der Waals surface area contributed by atoms with Crippen LogP contribution in [0.25, 0.3) is 0 Å². The summed E-state index contributed by atoms with van der Waals surface area (Å²) in [6.45, 7) is 5.16. The Bertz CT molecular complexity index is 697. The summed E-state index contributed by atoms with van der Waals surface area (Å²) in [4.78, 5) is 26.4. The van der Waals surface area contributed by atoms with Crippen LogP contribution in [-0.4, -0.2) is 29.8 Å². The lowest BCUT2D eigenvalue weighted by atomic mass is 10.1. The average molecular weight is 325 g/mol. The van der Waals surface area contributed by atoms with Crippen molar-refractivity contribution in [1.82, 2.24) is 4.90 Å². The summed E-state index contributed by atoms with van der Waals surface area (Å²) in [5, 5.41) is 2.78. The van der Waals surface area contributed by atoms with E-state index in [1.54, 1.807) is 29.2 Å². The van der Waals surface area contributed by atoms with Crippen LogP contribution in [0.2, 0.25) is 0 Å². The molecule has 0 heterocycles. The van der Waals surface area contributed by atoms with Gasteiger partial charge in [-0.05, 0) is 37.6 Å².